The Morgan fingerprint density at radius 1 is 1.00 bits per heavy atom. The number of rotatable bonds is 7. The molecule has 0 aromatic heterocycles. The van der Waals surface area contributed by atoms with E-state index in [0.717, 1.165) is 30.4 Å². The van der Waals surface area contributed by atoms with E-state index in [4.69, 9.17) is 18.9 Å². The summed E-state index contributed by atoms with van der Waals surface area (Å²) in [6.07, 6.45) is 3.66. The molecule has 4 nitrogen and oxygen atoms in total. The minimum Gasteiger partial charge on any atom is -0.493 e. The maximum absolute atomic E-state index is 5.71. The van der Waals surface area contributed by atoms with E-state index >= 15 is 0 Å². The van der Waals surface area contributed by atoms with Crippen LogP contribution in [0.1, 0.15) is 19.3 Å². The molecule has 1 unspecified atom stereocenters. The Bertz CT molecular complexity index is 393. The summed E-state index contributed by atoms with van der Waals surface area (Å²) in [5.41, 5.74) is 0. The Kier molecular flexibility index (Phi) is 4.77. The van der Waals surface area contributed by atoms with Crippen LogP contribution >= 0.6 is 0 Å². The van der Waals surface area contributed by atoms with E-state index in [1.807, 2.05) is 24.3 Å². The van der Waals surface area contributed by atoms with Gasteiger partial charge in [-0.05, 0) is 43.0 Å². The topological polar surface area (TPSA) is 36.9 Å². The second-order valence-electron chi connectivity index (χ2n) is 5.43. The molecular weight excluding hydrogens is 256 g/mol. The molecule has 0 N–H and O–H groups in total. The van der Waals surface area contributed by atoms with Gasteiger partial charge in [0.1, 0.15) is 11.5 Å². The molecule has 1 heterocycles. The minimum atomic E-state index is 0.171. The van der Waals surface area contributed by atoms with Gasteiger partial charge in [0.15, 0.2) is 0 Å². The van der Waals surface area contributed by atoms with Crippen molar-refractivity contribution in [1.29, 1.82) is 0 Å². The third-order valence-electron chi connectivity index (χ3n) is 3.60. The zero-order valence-electron chi connectivity index (χ0n) is 11.8. The monoisotopic (exact) mass is 278 g/mol. The van der Waals surface area contributed by atoms with E-state index in [2.05, 4.69) is 0 Å². The van der Waals surface area contributed by atoms with Crippen molar-refractivity contribution in [3.05, 3.63) is 24.3 Å². The van der Waals surface area contributed by atoms with Crippen molar-refractivity contribution in [2.45, 2.75) is 25.4 Å². The molecule has 0 bridgehead atoms. The molecule has 4 heteroatoms. The van der Waals surface area contributed by atoms with Crippen LogP contribution in [0.5, 0.6) is 11.5 Å². The van der Waals surface area contributed by atoms with Gasteiger partial charge in [0.25, 0.3) is 0 Å². The lowest BCUT2D eigenvalue weighted by Gasteiger charge is -2.22. The molecule has 1 saturated heterocycles. The highest BCUT2D eigenvalue weighted by Gasteiger charge is 2.21. The standard InChI is InChI=1S/C16H22O4/c1-2-13(1)11-20-15-5-3-14(4-6-15)18-8-7-16-12-17-9-10-19-16/h3-6,13,16H,1-2,7-12H2. The van der Waals surface area contributed by atoms with Gasteiger partial charge in [0, 0.05) is 6.42 Å². The van der Waals surface area contributed by atoms with Crippen LogP contribution in [0.4, 0.5) is 0 Å². The number of benzene rings is 1. The highest BCUT2D eigenvalue weighted by molar-refractivity contribution is 5.31. The maximum Gasteiger partial charge on any atom is 0.119 e. The van der Waals surface area contributed by atoms with E-state index in [1.54, 1.807) is 0 Å². The maximum atomic E-state index is 5.71. The van der Waals surface area contributed by atoms with Crippen molar-refractivity contribution < 1.29 is 18.9 Å². The van der Waals surface area contributed by atoms with Crippen molar-refractivity contribution in [1.82, 2.24) is 0 Å². The Morgan fingerprint density at radius 3 is 2.40 bits per heavy atom. The third kappa shape index (κ3) is 4.39. The van der Waals surface area contributed by atoms with Crippen LogP contribution in [0.2, 0.25) is 0 Å². The summed E-state index contributed by atoms with van der Waals surface area (Å²) in [7, 11) is 0. The summed E-state index contributed by atoms with van der Waals surface area (Å²) in [6.45, 7) is 3.57. The first-order valence-electron chi connectivity index (χ1n) is 7.45. The summed E-state index contributed by atoms with van der Waals surface area (Å²) >= 11 is 0. The number of hydrogen-bond donors (Lipinski definition) is 0. The van der Waals surface area contributed by atoms with Gasteiger partial charge in [0.2, 0.25) is 0 Å². The molecule has 1 aromatic rings. The predicted octanol–water partition coefficient (Wildman–Crippen LogP) is 2.66. The van der Waals surface area contributed by atoms with Gasteiger partial charge in [-0.3, -0.25) is 0 Å². The van der Waals surface area contributed by atoms with Crippen molar-refractivity contribution in [2.75, 3.05) is 33.0 Å². The van der Waals surface area contributed by atoms with Gasteiger partial charge >= 0.3 is 0 Å². The lowest BCUT2D eigenvalue weighted by atomic mass is 10.2. The van der Waals surface area contributed by atoms with Crippen molar-refractivity contribution >= 4 is 0 Å². The van der Waals surface area contributed by atoms with Crippen LogP contribution in [0.3, 0.4) is 0 Å². The molecule has 110 valence electrons. The molecule has 3 rings (SSSR count). The average molecular weight is 278 g/mol. The molecule has 1 aromatic carbocycles. The van der Waals surface area contributed by atoms with Crippen LogP contribution < -0.4 is 9.47 Å². The van der Waals surface area contributed by atoms with Gasteiger partial charge in [-0.15, -0.1) is 0 Å². The van der Waals surface area contributed by atoms with Gasteiger partial charge in [-0.25, -0.2) is 0 Å². The first-order valence-corrected chi connectivity index (χ1v) is 7.45. The SMILES string of the molecule is c1cc(OCC2CC2)ccc1OCCC1COCCO1. The van der Waals surface area contributed by atoms with Gasteiger partial charge < -0.3 is 18.9 Å². The fraction of sp³-hybridized carbons (Fsp3) is 0.625. The zero-order chi connectivity index (χ0) is 13.6. The second kappa shape index (κ2) is 6.95. The molecule has 20 heavy (non-hydrogen) atoms. The average Bonchev–Trinajstić information content (AvgIpc) is 3.32. The number of ether oxygens (including phenoxy) is 4. The largest absolute Gasteiger partial charge is 0.493 e. The minimum absolute atomic E-state index is 0.171. The van der Waals surface area contributed by atoms with Gasteiger partial charge in [0.05, 0.1) is 39.1 Å². The third-order valence-corrected chi connectivity index (χ3v) is 3.60. The van der Waals surface area contributed by atoms with Crippen molar-refractivity contribution in [3.63, 3.8) is 0 Å². The summed E-state index contributed by atoms with van der Waals surface area (Å²) < 4.78 is 22.3. The van der Waals surface area contributed by atoms with E-state index < -0.39 is 0 Å². The van der Waals surface area contributed by atoms with E-state index in [1.165, 1.54) is 12.8 Å². The quantitative estimate of drug-likeness (QED) is 0.768. The Morgan fingerprint density at radius 2 is 1.75 bits per heavy atom. The van der Waals surface area contributed by atoms with E-state index in [-0.39, 0.29) is 6.10 Å². The smallest absolute Gasteiger partial charge is 0.119 e. The Hall–Kier alpha value is -1.26. The first-order chi connectivity index (χ1) is 9.90. The fourth-order valence-electron chi connectivity index (χ4n) is 2.14. The molecule has 2 aliphatic rings. The molecule has 0 spiro atoms. The highest BCUT2D eigenvalue weighted by atomic mass is 16.6. The highest BCUT2D eigenvalue weighted by Crippen LogP contribution is 2.29. The van der Waals surface area contributed by atoms with Crippen molar-refractivity contribution in [3.8, 4) is 11.5 Å². The summed E-state index contributed by atoms with van der Waals surface area (Å²) in [5, 5.41) is 0. The molecule has 0 radical (unpaired) electrons. The summed E-state index contributed by atoms with van der Waals surface area (Å²) in [5.74, 6) is 2.58. The molecular formula is C16H22O4. The van der Waals surface area contributed by atoms with Crippen LogP contribution in [0, 0.1) is 5.92 Å². The Balaban J connectivity index is 1.36. The van der Waals surface area contributed by atoms with Gasteiger partial charge in [-0.1, -0.05) is 0 Å². The zero-order valence-corrected chi connectivity index (χ0v) is 11.8. The molecule has 1 atom stereocenters. The second-order valence-corrected chi connectivity index (χ2v) is 5.43. The molecule has 2 fully saturated rings. The van der Waals surface area contributed by atoms with E-state index in [0.29, 0.717) is 26.4 Å². The molecule has 1 saturated carbocycles. The van der Waals surface area contributed by atoms with Crippen molar-refractivity contribution in [2.24, 2.45) is 5.92 Å². The van der Waals surface area contributed by atoms with Crippen LogP contribution in [0.25, 0.3) is 0 Å². The van der Waals surface area contributed by atoms with Gasteiger partial charge in [-0.2, -0.15) is 0 Å². The van der Waals surface area contributed by atoms with Crippen LogP contribution in [-0.4, -0.2) is 39.1 Å². The lowest BCUT2D eigenvalue weighted by Crippen LogP contribution is -2.29. The fourth-order valence-corrected chi connectivity index (χ4v) is 2.14. The van der Waals surface area contributed by atoms with E-state index in [9.17, 15) is 0 Å². The Labute approximate surface area is 120 Å². The molecule has 1 aliphatic heterocycles. The number of hydrogen-bond acceptors (Lipinski definition) is 4. The molecule has 1 aliphatic carbocycles. The van der Waals surface area contributed by atoms with Crippen LogP contribution in [-0.2, 0) is 9.47 Å². The summed E-state index contributed by atoms with van der Waals surface area (Å²) in [6, 6.07) is 7.86. The normalized spacial score (nSPS) is 22.5. The first kappa shape index (κ1) is 13.7. The van der Waals surface area contributed by atoms with Crippen LogP contribution in [0.15, 0.2) is 24.3 Å². The summed E-state index contributed by atoms with van der Waals surface area (Å²) in [4.78, 5) is 0. The lowest BCUT2D eigenvalue weighted by molar-refractivity contribution is -0.0935. The molecule has 0 amide bonds. The predicted molar refractivity (Wildman–Crippen MR) is 75.3 cm³/mol.